The van der Waals surface area contributed by atoms with Gasteiger partial charge in [-0.05, 0) is 111 Å². The molecule has 0 amide bonds. The molecule has 0 unspecified atom stereocenters. The van der Waals surface area contributed by atoms with Crippen molar-refractivity contribution in [2.24, 2.45) is 5.41 Å². The van der Waals surface area contributed by atoms with Crippen molar-refractivity contribution < 1.29 is 29.2 Å². The third-order valence-electron chi connectivity index (χ3n) is 7.58. The lowest BCUT2D eigenvalue weighted by molar-refractivity contribution is -0.279. The normalized spacial score (nSPS) is 15.9. The van der Waals surface area contributed by atoms with Crippen molar-refractivity contribution in [2.45, 2.75) is 47.3 Å². The number of aromatic hydroxyl groups is 2. The molecule has 0 atom stereocenters. The van der Waals surface area contributed by atoms with Gasteiger partial charge >= 0.3 is 5.97 Å². The predicted octanol–water partition coefficient (Wildman–Crippen LogP) is 7.72. The molecular weight excluding hydrogens is 516 g/mol. The summed E-state index contributed by atoms with van der Waals surface area (Å²) in [7, 11) is 0. The standard InChI is InChI=1S/C35H36O6/c1-21-15-22(2)31(23(3)16-21)26-17-29(24-7-11-27(36)12-8-24)32(30(18-26)25-9-13-28(37)14-10-25)41-33(38)35(6)19-39-34(4,5)40-20-35/h7-18,36-37H,19-20H2,1-6H3. The highest BCUT2D eigenvalue weighted by Gasteiger charge is 2.44. The Morgan fingerprint density at radius 3 is 1.59 bits per heavy atom. The van der Waals surface area contributed by atoms with E-state index >= 15 is 0 Å². The molecular formula is C35H36O6. The summed E-state index contributed by atoms with van der Waals surface area (Å²) >= 11 is 0. The minimum absolute atomic E-state index is 0.138. The third-order valence-corrected chi connectivity index (χ3v) is 7.58. The van der Waals surface area contributed by atoms with E-state index in [0.29, 0.717) is 16.9 Å². The summed E-state index contributed by atoms with van der Waals surface area (Å²) in [6.07, 6.45) is 0. The first-order valence-electron chi connectivity index (χ1n) is 13.7. The van der Waals surface area contributed by atoms with E-state index in [0.717, 1.165) is 33.4 Å². The van der Waals surface area contributed by atoms with Crippen LogP contribution in [0.4, 0.5) is 0 Å². The molecule has 4 aromatic carbocycles. The second-order valence-corrected chi connectivity index (χ2v) is 11.7. The maximum absolute atomic E-state index is 13.8. The van der Waals surface area contributed by atoms with Crippen molar-refractivity contribution in [3.63, 3.8) is 0 Å². The lowest BCUT2D eigenvalue weighted by atomic mass is 9.87. The number of rotatable bonds is 5. The molecule has 0 radical (unpaired) electrons. The molecule has 0 spiro atoms. The van der Waals surface area contributed by atoms with Gasteiger partial charge in [-0.3, -0.25) is 4.79 Å². The fourth-order valence-corrected chi connectivity index (χ4v) is 5.31. The van der Waals surface area contributed by atoms with Crippen LogP contribution in [0, 0.1) is 26.2 Å². The van der Waals surface area contributed by atoms with E-state index in [9.17, 15) is 15.0 Å². The molecule has 5 rings (SSSR count). The molecule has 0 aromatic heterocycles. The summed E-state index contributed by atoms with van der Waals surface area (Å²) in [6.45, 7) is 12.0. The minimum atomic E-state index is -1.02. The van der Waals surface area contributed by atoms with Crippen molar-refractivity contribution in [3.8, 4) is 50.6 Å². The van der Waals surface area contributed by atoms with Crippen molar-refractivity contribution in [3.05, 3.63) is 89.5 Å². The number of hydrogen-bond acceptors (Lipinski definition) is 6. The fraction of sp³-hybridized carbons (Fsp3) is 0.286. The van der Waals surface area contributed by atoms with Crippen LogP contribution in [-0.2, 0) is 14.3 Å². The number of carbonyl (C=O) groups is 1. The van der Waals surface area contributed by atoms with Crippen LogP contribution in [0.1, 0.15) is 37.5 Å². The summed E-state index contributed by atoms with van der Waals surface area (Å²) in [4.78, 5) is 13.8. The number of benzene rings is 4. The van der Waals surface area contributed by atoms with Crippen molar-refractivity contribution in [1.29, 1.82) is 0 Å². The molecule has 0 saturated carbocycles. The summed E-state index contributed by atoms with van der Waals surface area (Å²) in [5, 5.41) is 20.0. The Bertz CT molecular complexity index is 1500. The van der Waals surface area contributed by atoms with Crippen LogP contribution in [0.15, 0.2) is 72.8 Å². The Balaban J connectivity index is 1.74. The Hall–Kier alpha value is -4.13. The van der Waals surface area contributed by atoms with Gasteiger partial charge in [0.05, 0.1) is 13.2 Å². The molecule has 1 aliphatic heterocycles. The van der Waals surface area contributed by atoms with Gasteiger partial charge in [0, 0.05) is 11.1 Å². The average Bonchev–Trinajstić information content (AvgIpc) is 2.91. The van der Waals surface area contributed by atoms with E-state index in [1.54, 1.807) is 55.5 Å². The first-order valence-corrected chi connectivity index (χ1v) is 13.7. The fourth-order valence-electron chi connectivity index (χ4n) is 5.31. The highest BCUT2D eigenvalue weighted by molar-refractivity contribution is 5.92. The van der Waals surface area contributed by atoms with Crippen LogP contribution < -0.4 is 4.74 Å². The third kappa shape index (κ3) is 5.85. The topological polar surface area (TPSA) is 85.2 Å². The summed E-state index contributed by atoms with van der Waals surface area (Å²) in [6, 6.07) is 22.0. The van der Waals surface area contributed by atoms with Gasteiger partial charge in [-0.25, -0.2) is 0 Å². The largest absolute Gasteiger partial charge is 0.508 e. The second kappa shape index (κ2) is 10.7. The number of ether oxygens (including phenoxy) is 3. The van der Waals surface area contributed by atoms with Gasteiger partial charge in [-0.1, -0.05) is 42.0 Å². The molecule has 212 valence electrons. The lowest BCUT2D eigenvalue weighted by Gasteiger charge is -2.39. The van der Waals surface area contributed by atoms with Crippen molar-refractivity contribution in [2.75, 3.05) is 13.2 Å². The summed E-state index contributed by atoms with van der Waals surface area (Å²) < 4.78 is 18.0. The van der Waals surface area contributed by atoms with Gasteiger partial charge in [0.15, 0.2) is 5.79 Å². The van der Waals surface area contributed by atoms with Gasteiger partial charge < -0.3 is 24.4 Å². The molecule has 2 N–H and O–H groups in total. The van der Waals surface area contributed by atoms with Gasteiger partial charge in [-0.2, -0.15) is 0 Å². The maximum atomic E-state index is 13.8. The van der Waals surface area contributed by atoms with Gasteiger partial charge in [-0.15, -0.1) is 0 Å². The Morgan fingerprint density at radius 1 is 0.707 bits per heavy atom. The van der Waals surface area contributed by atoms with Crippen LogP contribution in [0.5, 0.6) is 17.2 Å². The summed E-state index contributed by atoms with van der Waals surface area (Å²) in [5.74, 6) is -0.593. The Labute approximate surface area is 241 Å². The second-order valence-electron chi connectivity index (χ2n) is 11.7. The monoisotopic (exact) mass is 552 g/mol. The minimum Gasteiger partial charge on any atom is -0.508 e. The van der Waals surface area contributed by atoms with E-state index in [1.165, 1.54) is 5.56 Å². The maximum Gasteiger partial charge on any atom is 0.321 e. The number of phenolic OH excluding ortho intramolecular Hbond substituents is 2. The molecule has 1 saturated heterocycles. The highest BCUT2D eigenvalue weighted by Crippen LogP contribution is 2.45. The van der Waals surface area contributed by atoms with Crippen molar-refractivity contribution >= 4 is 5.97 Å². The Kier molecular flexibility index (Phi) is 7.41. The molecule has 0 aliphatic carbocycles. The van der Waals surface area contributed by atoms with Gasteiger partial charge in [0.2, 0.25) is 0 Å². The zero-order valence-electron chi connectivity index (χ0n) is 24.4. The quantitative estimate of drug-likeness (QED) is 0.195. The molecule has 41 heavy (non-hydrogen) atoms. The van der Waals surface area contributed by atoms with Crippen LogP contribution in [0.25, 0.3) is 33.4 Å². The number of esters is 1. The Morgan fingerprint density at radius 2 is 1.15 bits per heavy atom. The number of hydrogen-bond donors (Lipinski definition) is 2. The molecule has 1 heterocycles. The van der Waals surface area contributed by atoms with E-state index in [1.807, 2.05) is 26.0 Å². The predicted molar refractivity (Wildman–Crippen MR) is 160 cm³/mol. The molecule has 4 aromatic rings. The lowest BCUT2D eigenvalue weighted by Crippen LogP contribution is -2.50. The van der Waals surface area contributed by atoms with Gasteiger partial charge in [0.1, 0.15) is 22.7 Å². The van der Waals surface area contributed by atoms with E-state index in [2.05, 4.69) is 32.9 Å². The van der Waals surface area contributed by atoms with Crippen molar-refractivity contribution in [1.82, 2.24) is 0 Å². The first-order chi connectivity index (χ1) is 19.3. The summed E-state index contributed by atoms with van der Waals surface area (Å²) in [5.41, 5.74) is 7.42. The molecule has 6 nitrogen and oxygen atoms in total. The van der Waals surface area contributed by atoms with Gasteiger partial charge in [0.25, 0.3) is 0 Å². The first kappa shape index (κ1) is 28.4. The average molecular weight is 553 g/mol. The molecule has 6 heteroatoms. The highest BCUT2D eigenvalue weighted by atomic mass is 16.7. The van der Waals surface area contributed by atoms with E-state index in [4.69, 9.17) is 14.2 Å². The molecule has 1 fully saturated rings. The van der Waals surface area contributed by atoms with E-state index < -0.39 is 17.2 Å². The molecule has 1 aliphatic rings. The zero-order valence-corrected chi connectivity index (χ0v) is 24.4. The SMILES string of the molecule is Cc1cc(C)c(-c2cc(-c3ccc(O)cc3)c(OC(=O)C3(C)COC(C)(C)OC3)c(-c3ccc(O)cc3)c2)c(C)c1. The number of aryl methyl sites for hydroxylation is 3. The van der Waals surface area contributed by atoms with Crippen LogP contribution >= 0.6 is 0 Å². The van der Waals surface area contributed by atoms with Crippen LogP contribution in [0.2, 0.25) is 0 Å². The number of phenols is 2. The smallest absolute Gasteiger partial charge is 0.321 e. The van der Waals surface area contributed by atoms with Crippen LogP contribution in [0.3, 0.4) is 0 Å². The zero-order chi connectivity index (χ0) is 29.5. The molecule has 0 bridgehead atoms. The van der Waals surface area contributed by atoms with Crippen LogP contribution in [-0.4, -0.2) is 35.2 Å². The number of carbonyl (C=O) groups excluding carboxylic acids is 1. The van der Waals surface area contributed by atoms with E-state index in [-0.39, 0.29) is 24.7 Å².